The average Bonchev–Trinajstić information content (AvgIpc) is 2.89. The molecule has 1 aromatic carbocycles. The van der Waals surface area contributed by atoms with Gasteiger partial charge in [-0.25, -0.2) is 4.98 Å². The minimum absolute atomic E-state index is 0.0316. The highest BCUT2D eigenvalue weighted by molar-refractivity contribution is 6.32. The Hall–Kier alpha value is -1.62. The van der Waals surface area contributed by atoms with E-state index in [1.165, 1.54) is 5.56 Å². The summed E-state index contributed by atoms with van der Waals surface area (Å²) in [5, 5.41) is 11.0. The lowest BCUT2D eigenvalue weighted by atomic mass is 9.81. The molecule has 0 saturated carbocycles. The highest BCUT2D eigenvalue weighted by atomic mass is 35.5. The Bertz CT molecular complexity index is 763. The van der Waals surface area contributed by atoms with Gasteiger partial charge < -0.3 is 15.7 Å². The molecular formula is C20H26ClN3O. The summed E-state index contributed by atoms with van der Waals surface area (Å²) in [6.07, 6.45) is 0.982. The number of hydrogen-bond donors (Lipinski definition) is 2. The maximum absolute atomic E-state index is 10.5. The van der Waals surface area contributed by atoms with E-state index in [0.717, 1.165) is 30.8 Å². The molecule has 4 nitrogen and oxygen atoms in total. The quantitative estimate of drug-likeness (QED) is 0.801. The number of aromatic nitrogens is 1. The monoisotopic (exact) mass is 359 g/mol. The second-order valence-electron chi connectivity index (χ2n) is 7.43. The number of nitrogens with zero attached hydrogens (tertiary/aromatic N) is 2. The number of rotatable bonds is 5. The van der Waals surface area contributed by atoms with Gasteiger partial charge in [0, 0.05) is 25.0 Å². The number of aliphatic hydroxyl groups is 1. The molecule has 1 aliphatic heterocycles. The molecule has 0 radical (unpaired) electrons. The standard InChI is InChI=1S/C20H26ClN3O/c1-4-19(2)13-24(11-14-8-6-5-7-9-14)17-15(19)10-16(23-18(17)21)20(3,25)12-22/h5-10,25H,4,11-13,22H2,1-3H3/t19-,20-/m0/s1. The third kappa shape index (κ3) is 3.26. The van der Waals surface area contributed by atoms with Gasteiger partial charge in [-0.05, 0) is 30.5 Å². The molecule has 0 amide bonds. The van der Waals surface area contributed by atoms with E-state index in [4.69, 9.17) is 17.3 Å². The number of fused-ring (bicyclic) bond motifs is 1. The van der Waals surface area contributed by atoms with Crippen LogP contribution in [0.25, 0.3) is 0 Å². The van der Waals surface area contributed by atoms with Crippen molar-refractivity contribution in [1.29, 1.82) is 0 Å². The lowest BCUT2D eigenvalue weighted by Gasteiger charge is -2.26. The van der Waals surface area contributed by atoms with Crippen LogP contribution >= 0.6 is 11.6 Å². The molecule has 5 heteroatoms. The van der Waals surface area contributed by atoms with Gasteiger partial charge in [-0.3, -0.25) is 0 Å². The Morgan fingerprint density at radius 1 is 1.36 bits per heavy atom. The lowest BCUT2D eigenvalue weighted by Crippen LogP contribution is -2.33. The molecule has 0 saturated heterocycles. The zero-order valence-electron chi connectivity index (χ0n) is 15.1. The van der Waals surface area contributed by atoms with Gasteiger partial charge in [0.05, 0.1) is 11.4 Å². The minimum atomic E-state index is -1.18. The normalized spacial score (nSPS) is 21.9. The molecule has 3 rings (SSSR count). The molecule has 134 valence electrons. The van der Waals surface area contributed by atoms with Gasteiger partial charge in [0.1, 0.15) is 5.60 Å². The highest BCUT2D eigenvalue weighted by Gasteiger charge is 2.41. The number of hydrogen-bond acceptors (Lipinski definition) is 4. The summed E-state index contributed by atoms with van der Waals surface area (Å²) in [4.78, 5) is 6.77. The van der Waals surface area contributed by atoms with Crippen molar-refractivity contribution >= 4 is 17.3 Å². The van der Waals surface area contributed by atoms with Crippen molar-refractivity contribution < 1.29 is 5.11 Å². The van der Waals surface area contributed by atoms with Gasteiger partial charge in [-0.1, -0.05) is 55.8 Å². The average molecular weight is 360 g/mol. The van der Waals surface area contributed by atoms with E-state index >= 15 is 0 Å². The van der Waals surface area contributed by atoms with Crippen molar-refractivity contribution in [3.05, 3.63) is 58.4 Å². The van der Waals surface area contributed by atoms with E-state index in [0.29, 0.717) is 10.8 Å². The molecule has 0 unspecified atom stereocenters. The Labute approximate surface area is 154 Å². The molecule has 0 spiro atoms. The van der Waals surface area contributed by atoms with E-state index in [9.17, 15) is 5.11 Å². The van der Waals surface area contributed by atoms with E-state index in [-0.39, 0.29) is 12.0 Å². The van der Waals surface area contributed by atoms with Crippen molar-refractivity contribution in [1.82, 2.24) is 4.98 Å². The Balaban J connectivity index is 2.07. The van der Waals surface area contributed by atoms with Gasteiger partial charge in [0.2, 0.25) is 0 Å². The van der Waals surface area contributed by atoms with Gasteiger partial charge in [0.25, 0.3) is 0 Å². The topological polar surface area (TPSA) is 62.4 Å². The molecular weight excluding hydrogens is 334 g/mol. The van der Waals surface area contributed by atoms with Gasteiger partial charge in [0.15, 0.2) is 5.15 Å². The van der Waals surface area contributed by atoms with Crippen molar-refractivity contribution in [3.63, 3.8) is 0 Å². The maximum Gasteiger partial charge on any atom is 0.153 e. The molecule has 2 heterocycles. The van der Waals surface area contributed by atoms with Crippen LogP contribution in [0.1, 0.15) is 44.0 Å². The molecule has 2 atom stereocenters. The first-order chi connectivity index (χ1) is 11.8. The van der Waals surface area contributed by atoms with Crippen LogP contribution in [0.3, 0.4) is 0 Å². The summed E-state index contributed by atoms with van der Waals surface area (Å²) >= 11 is 6.58. The van der Waals surface area contributed by atoms with Crippen LogP contribution in [-0.4, -0.2) is 23.2 Å². The largest absolute Gasteiger partial charge is 0.383 e. The van der Waals surface area contributed by atoms with Crippen LogP contribution in [0, 0.1) is 0 Å². The zero-order chi connectivity index (χ0) is 18.2. The molecule has 2 aromatic rings. The van der Waals surface area contributed by atoms with E-state index in [2.05, 4.69) is 35.9 Å². The summed E-state index contributed by atoms with van der Waals surface area (Å²) in [5.74, 6) is 0. The Kier molecular flexibility index (Phi) is 4.80. The summed E-state index contributed by atoms with van der Waals surface area (Å²) in [7, 11) is 0. The Morgan fingerprint density at radius 3 is 2.64 bits per heavy atom. The van der Waals surface area contributed by atoms with Crippen LogP contribution in [0.4, 0.5) is 5.69 Å². The predicted octanol–water partition coefficient (Wildman–Crippen LogP) is 3.59. The first-order valence-corrected chi connectivity index (χ1v) is 9.11. The predicted molar refractivity (Wildman–Crippen MR) is 103 cm³/mol. The van der Waals surface area contributed by atoms with Crippen LogP contribution in [0.5, 0.6) is 0 Å². The molecule has 0 bridgehead atoms. The third-order valence-corrected chi connectivity index (χ3v) is 5.67. The summed E-state index contributed by atoms with van der Waals surface area (Å²) in [6, 6.07) is 12.3. The SMILES string of the molecule is CC[C@@]1(C)CN(Cc2ccccc2)c2c1cc([C@@](C)(O)CN)nc2Cl. The number of pyridine rings is 1. The van der Waals surface area contributed by atoms with Gasteiger partial charge in [-0.2, -0.15) is 0 Å². The number of nitrogens with two attached hydrogens (primary N) is 1. The van der Waals surface area contributed by atoms with Crippen molar-refractivity contribution in [2.45, 2.75) is 44.8 Å². The van der Waals surface area contributed by atoms with Crippen LogP contribution in [0.2, 0.25) is 5.15 Å². The number of benzene rings is 1. The molecule has 1 aromatic heterocycles. The highest BCUT2D eigenvalue weighted by Crippen LogP contribution is 2.47. The Morgan fingerprint density at radius 2 is 2.04 bits per heavy atom. The number of halogens is 1. The summed E-state index contributed by atoms with van der Waals surface area (Å²) < 4.78 is 0. The fourth-order valence-corrected chi connectivity index (χ4v) is 3.79. The first-order valence-electron chi connectivity index (χ1n) is 8.73. The van der Waals surface area contributed by atoms with Crippen LogP contribution < -0.4 is 10.6 Å². The van der Waals surface area contributed by atoms with Crippen molar-refractivity contribution in [3.8, 4) is 0 Å². The smallest absolute Gasteiger partial charge is 0.153 e. The third-order valence-electron chi connectivity index (χ3n) is 5.40. The van der Waals surface area contributed by atoms with E-state index in [1.54, 1.807) is 6.92 Å². The minimum Gasteiger partial charge on any atom is -0.383 e. The lowest BCUT2D eigenvalue weighted by molar-refractivity contribution is 0.0621. The fraction of sp³-hybridized carbons (Fsp3) is 0.450. The summed E-state index contributed by atoms with van der Waals surface area (Å²) in [6.45, 7) is 7.88. The molecule has 3 N–H and O–H groups in total. The van der Waals surface area contributed by atoms with Gasteiger partial charge >= 0.3 is 0 Å². The van der Waals surface area contributed by atoms with Crippen LogP contribution in [-0.2, 0) is 17.6 Å². The van der Waals surface area contributed by atoms with E-state index in [1.807, 2.05) is 24.3 Å². The maximum atomic E-state index is 10.5. The molecule has 25 heavy (non-hydrogen) atoms. The molecule has 0 aliphatic carbocycles. The van der Waals surface area contributed by atoms with Crippen molar-refractivity contribution in [2.24, 2.45) is 5.73 Å². The second-order valence-corrected chi connectivity index (χ2v) is 7.79. The second kappa shape index (κ2) is 6.60. The molecule has 1 aliphatic rings. The van der Waals surface area contributed by atoms with Gasteiger partial charge in [-0.15, -0.1) is 0 Å². The first kappa shape index (κ1) is 18.2. The number of anilines is 1. The summed E-state index contributed by atoms with van der Waals surface area (Å²) in [5.41, 5.74) is 8.41. The molecule has 0 fully saturated rings. The van der Waals surface area contributed by atoms with Crippen molar-refractivity contribution in [2.75, 3.05) is 18.0 Å². The van der Waals surface area contributed by atoms with E-state index < -0.39 is 5.60 Å². The van der Waals surface area contributed by atoms with Crippen LogP contribution in [0.15, 0.2) is 36.4 Å². The fourth-order valence-electron chi connectivity index (χ4n) is 3.48. The zero-order valence-corrected chi connectivity index (χ0v) is 15.8.